The summed E-state index contributed by atoms with van der Waals surface area (Å²) in [6, 6.07) is 19.0. The average molecular weight is 506 g/mol. The van der Waals surface area contributed by atoms with E-state index in [-0.39, 0.29) is 6.61 Å². The summed E-state index contributed by atoms with van der Waals surface area (Å²) in [6.45, 7) is 5.43. The third kappa shape index (κ3) is 6.52. The molecule has 1 N–H and O–H groups in total. The van der Waals surface area contributed by atoms with Crippen molar-refractivity contribution in [1.29, 1.82) is 0 Å². The van der Waals surface area contributed by atoms with E-state index < -0.39 is 6.67 Å². The molecule has 0 radical (unpaired) electrons. The summed E-state index contributed by atoms with van der Waals surface area (Å²) >= 11 is 0. The number of aliphatic hydroxyl groups is 1. The Bertz CT molecular complexity index is 1140. The van der Waals surface area contributed by atoms with Gasteiger partial charge in [0.1, 0.15) is 31.4 Å². The highest BCUT2D eigenvalue weighted by molar-refractivity contribution is 5.68. The quantitative estimate of drug-likeness (QED) is 0.353. The lowest BCUT2D eigenvalue weighted by Crippen LogP contribution is -2.29. The van der Waals surface area contributed by atoms with Crippen LogP contribution in [-0.2, 0) is 26.0 Å². The van der Waals surface area contributed by atoms with Gasteiger partial charge in [0, 0.05) is 25.3 Å². The van der Waals surface area contributed by atoms with Gasteiger partial charge in [0.15, 0.2) is 0 Å². The van der Waals surface area contributed by atoms with Crippen LogP contribution in [0.4, 0.5) is 4.39 Å². The van der Waals surface area contributed by atoms with Gasteiger partial charge in [-0.05, 0) is 85.5 Å². The van der Waals surface area contributed by atoms with Crippen LogP contribution in [-0.4, -0.2) is 43.5 Å². The molecule has 5 rings (SSSR count). The van der Waals surface area contributed by atoms with Crippen molar-refractivity contribution in [3.05, 3.63) is 82.4 Å². The molecular weight excluding hydrogens is 465 g/mol. The van der Waals surface area contributed by atoms with Crippen molar-refractivity contribution in [2.75, 3.05) is 33.5 Å². The van der Waals surface area contributed by atoms with E-state index in [9.17, 15) is 4.39 Å². The van der Waals surface area contributed by atoms with Crippen molar-refractivity contribution >= 4 is 0 Å². The van der Waals surface area contributed by atoms with E-state index in [1.54, 1.807) is 0 Å². The van der Waals surface area contributed by atoms with Gasteiger partial charge in [-0.1, -0.05) is 55.0 Å². The molecule has 2 aliphatic rings. The van der Waals surface area contributed by atoms with Crippen molar-refractivity contribution in [2.45, 2.75) is 58.6 Å². The summed E-state index contributed by atoms with van der Waals surface area (Å²) in [5, 5.41) is 7.00. The number of hydrogen-bond donors (Lipinski definition) is 1. The van der Waals surface area contributed by atoms with Gasteiger partial charge in [-0.2, -0.15) is 0 Å². The molecule has 3 aromatic rings. The fraction of sp³-hybridized carbons (Fsp3) is 0.438. The van der Waals surface area contributed by atoms with Gasteiger partial charge in [0.05, 0.1) is 0 Å². The Labute approximate surface area is 221 Å². The molecule has 0 saturated carbocycles. The topological polar surface area (TPSA) is 41.9 Å². The van der Waals surface area contributed by atoms with E-state index >= 15 is 0 Å². The monoisotopic (exact) mass is 505 g/mol. The number of nitrogens with zero attached hydrogens (tertiary/aromatic N) is 1. The van der Waals surface area contributed by atoms with Crippen LogP contribution in [0.25, 0.3) is 11.1 Å². The predicted molar refractivity (Wildman–Crippen MR) is 148 cm³/mol. The summed E-state index contributed by atoms with van der Waals surface area (Å²) in [5.41, 5.74) is 8.82. The number of halogens is 1. The van der Waals surface area contributed by atoms with E-state index in [1.807, 2.05) is 12.1 Å². The Balaban J connectivity index is 0.00000156. The number of piperidine rings is 1. The number of benzene rings is 3. The fourth-order valence-corrected chi connectivity index (χ4v) is 5.64. The van der Waals surface area contributed by atoms with Crippen LogP contribution in [0, 0.1) is 6.92 Å². The lowest BCUT2D eigenvalue weighted by Gasteiger charge is -2.29. The zero-order valence-electron chi connectivity index (χ0n) is 22.3. The third-order valence-electron chi connectivity index (χ3n) is 7.52. The van der Waals surface area contributed by atoms with Crippen LogP contribution in [0.5, 0.6) is 11.5 Å². The first kappa shape index (κ1) is 27.2. The number of fused-ring (bicyclic) bond motifs is 1. The molecule has 0 amide bonds. The zero-order valence-corrected chi connectivity index (χ0v) is 22.3. The summed E-state index contributed by atoms with van der Waals surface area (Å²) in [4.78, 5) is 2.53. The number of hydrogen-bond acceptors (Lipinski definition) is 4. The van der Waals surface area contributed by atoms with Crippen LogP contribution in [0.1, 0.15) is 53.5 Å². The first-order valence-corrected chi connectivity index (χ1v) is 13.5. The highest BCUT2D eigenvalue weighted by atomic mass is 19.1. The second-order valence-corrected chi connectivity index (χ2v) is 9.78. The maximum Gasteiger partial charge on any atom is 0.127 e. The largest absolute Gasteiger partial charge is 0.490 e. The van der Waals surface area contributed by atoms with E-state index in [0.717, 1.165) is 57.5 Å². The van der Waals surface area contributed by atoms with Gasteiger partial charge < -0.3 is 14.6 Å². The zero-order chi connectivity index (χ0) is 26.0. The minimum atomic E-state index is -0.484. The molecule has 1 saturated heterocycles. The highest BCUT2D eigenvalue weighted by Gasteiger charge is 2.25. The number of aliphatic hydroxyl groups excluding tert-OH is 1. The highest BCUT2D eigenvalue weighted by Crippen LogP contribution is 2.40. The maximum absolute atomic E-state index is 13.1. The Kier molecular flexibility index (Phi) is 9.98. The van der Waals surface area contributed by atoms with Crippen LogP contribution >= 0.6 is 0 Å². The van der Waals surface area contributed by atoms with E-state index in [1.165, 1.54) is 58.2 Å². The SMILES string of the molecule is CO.Cc1c(COc2cc(OCCF)c(CN3CCCCC3)c3c2CCC3)cccc1-c1ccccc1. The van der Waals surface area contributed by atoms with Gasteiger partial charge >= 0.3 is 0 Å². The molecule has 3 aromatic carbocycles. The number of alkyl halides is 1. The van der Waals surface area contributed by atoms with Crippen LogP contribution < -0.4 is 9.47 Å². The molecule has 198 valence electrons. The molecule has 37 heavy (non-hydrogen) atoms. The first-order valence-electron chi connectivity index (χ1n) is 13.5. The van der Waals surface area contributed by atoms with Crippen LogP contribution in [0.15, 0.2) is 54.6 Å². The lowest BCUT2D eigenvalue weighted by molar-refractivity contribution is 0.212. The lowest BCUT2D eigenvalue weighted by atomic mass is 9.96. The molecule has 1 aliphatic heterocycles. The molecule has 0 unspecified atom stereocenters. The van der Waals surface area contributed by atoms with E-state index in [4.69, 9.17) is 14.6 Å². The van der Waals surface area contributed by atoms with Crippen molar-refractivity contribution in [3.8, 4) is 22.6 Å². The Hall–Kier alpha value is -2.89. The van der Waals surface area contributed by atoms with Gasteiger partial charge in [0.2, 0.25) is 0 Å². The molecule has 1 aliphatic carbocycles. The Morgan fingerprint density at radius 1 is 0.838 bits per heavy atom. The van der Waals surface area contributed by atoms with Crippen LogP contribution in [0.3, 0.4) is 0 Å². The fourth-order valence-electron chi connectivity index (χ4n) is 5.64. The second-order valence-electron chi connectivity index (χ2n) is 9.78. The van der Waals surface area contributed by atoms with Gasteiger partial charge in [0.25, 0.3) is 0 Å². The Morgan fingerprint density at radius 2 is 1.59 bits per heavy atom. The molecule has 4 nitrogen and oxygen atoms in total. The second kappa shape index (κ2) is 13.6. The third-order valence-corrected chi connectivity index (χ3v) is 7.52. The van der Waals surface area contributed by atoms with Gasteiger partial charge in [-0.15, -0.1) is 0 Å². The molecule has 0 atom stereocenters. The smallest absolute Gasteiger partial charge is 0.127 e. The summed E-state index contributed by atoms with van der Waals surface area (Å²) < 4.78 is 25.5. The molecule has 1 heterocycles. The number of likely N-dealkylation sites (tertiary alicyclic amines) is 1. The van der Waals surface area contributed by atoms with Crippen LogP contribution in [0.2, 0.25) is 0 Å². The van der Waals surface area contributed by atoms with Crippen molar-refractivity contribution in [2.24, 2.45) is 0 Å². The number of ether oxygens (including phenoxy) is 2. The summed E-state index contributed by atoms with van der Waals surface area (Å²) in [6.07, 6.45) is 7.04. The summed E-state index contributed by atoms with van der Waals surface area (Å²) in [5.74, 6) is 1.71. The van der Waals surface area contributed by atoms with Crippen molar-refractivity contribution in [1.82, 2.24) is 4.90 Å². The normalized spacial score (nSPS) is 15.0. The molecule has 1 fully saturated rings. The maximum atomic E-state index is 13.1. The van der Waals surface area contributed by atoms with E-state index in [0.29, 0.717) is 6.61 Å². The average Bonchev–Trinajstić information content (AvgIpc) is 3.45. The van der Waals surface area contributed by atoms with Gasteiger partial charge in [-0.3, -0.25) is 4.90 Å². The van der Waals surface area contributed by atoms with Gasteiger partial charge in [-0.25, -0.2) is 4.39 Å². The molecule has 0 aromatic heterocycles. The van der Waals surface area contributed by atoms with Crippen molar-refractivity contribution in [3.63, 3.8) is 0 Å². The minimum Gasteiger partial charge on any atom is -0.490 e. The molecule has 0 spiro atoms. The summed E-state index contributed by atoms with van der Waals surface area (Å²) in [7, 11) is 1.00. The van der Waals surface area contributed by atoms with E-state index in [2.05, 4.69) is 54.3 Å². The standard InChI is InChI=1S/C31H36FNO2.CH4O/c1-23-25(12-8-13-26(23)24-10-4-2-5-11-24)22-35-30-20-31(34-19-16-32)29(27-14-9-15-28(27)30)21-33-17-6-3-7-18-33;1-2/h2,4-5,8,10-13,20H,3,6-7,9,14-19,21-22H2,1H3;2H,1H3. The predicted octanol–water partition coefficient (Wildman–Crippen LogP) is 6.67. The molecule has 5 heteroatoms. The Morgan fingerprint density at radius 3 is 2.35 bits per heavy atom. The minimum absolute atomic E-state index is 0.0868. The molecule has 0 bridgehead atoms. The van der Waals surface area contributed by atoms with Crippen molar-refractivity contribution < 1.29 is 19.0 Å². The molecular formula is C32H40FNO3. The number of rotatable bonds is 9. The first-order chi connectivity index (χ1) is 18.2.